The average Bonchev–Trinajstić information content (AvgIpc) is 2.31. The molecule has 1 aliphatic heterocycles. The molecule has 1 aromatic carbocycles. The number of carboxylic acid groups (broad SMARTS) is 1. The fourth-order valence-electron chi connectivity index (χ4n) is 2.12. The van der Waals surface area contributed by atoms with Crippen LogP contribution in [0, 0.1) is 0 Å². The molecule has 1 aromatic rings. The van der Waals surface area contributed by atoms with Crippen molar-refractivity contribution in [2.24, 2.45) is 0 Å². The number of aromatic carboxylic acids is 1. The predicted molar refractivity (Wildman–Crippen MR) is 73.1 cm³/mol. The van der Waals surface area contributed by atoms with E-state index >= 15 is 0 Å². The van der Waals surface area contributed by atoms with Crippen LogP contribution in [0.2, 0.25) is 0 Å². The molecular weight excluding hydrogens is 268 g/mol. The highest BCUT2D eigenvalue weighted by molar-refractivity contribution is 7.91. The maximum atomic E-state index is 11.3. The highest BCUT2D eigenvalue weighted by atomic mass is 32.2. The van der Waals surface area contributed by atoms with E-state index < -0.39 is 15.8 Å². The largest absolute Gasteiger partial charge is 0.478 e. The number of rotatable bonds is 3. The van der Waals surface area contributed by atoms with E-state index in [2.05, 4.69) is 5.32 Å². The number of benzene rings is 1. The van der Waals surface area contributed by atoms with Crippen LogP contribution in [0.25, 0.3) is 0 Å². The minimum atomic E-state index is -2.88. The van der Waals surface area contributed by atoms with Gasteiger partial charge in [-0.2, -0.15) is 0 Å². The van der Waals surface area contributed by atoms with Crippen LogP contribution < -0.4 is 11.1 Å². The Bertz CT molecular complexity index is 584. The Balaban J connectivity index is 2.04. The summed E-state index contributed by atoms with van der Waals surface area (Å²) in [6.07, 6.45) is 1.12. The minimum absolute atomic E-state index is 0.0665. The zero-order chi connectivity index (χ0) is 14.0. The van der Waals surface area contributed by atoms with Gasteiger partial charge in [0.1, 0.15) is 9.84 Å². The molecule has 1 aliphatic rings. The normalized spacial score (nSPS) is 18.9. The lowest BCUT2D eigenvalue weighted by atomic mass is 10.1. The van der Waals surface area contributed by atoms with Gasteiger partial charge in [0.25, 0.3) is 0 Å². The summed E-state index contributed by atoms with van der Waals surface area (Å²) >= 11 is 0. The molecule has 0 amide bonds. The van der Waals surface area contributed by atoms with Gasteiger partial charge in [-0.1, -0.05) is 0 Å². The predicted octanol–water partition coefficient (Wildman–Crippen LogP) is 0.956. The van der Waals surface area contributed by atoms with E-state index in [0.29, 0.717) is 18.5 Å². The summed E-state index contributed by atoms with van der Waals surface area (Å²) in [4.78, 5) is 10.8. The Morgan fingerprint density at radius 2 is 1.95 bits per heavy atom. The highest BCUT2D eigenvalue weighted by Gasteiger charge is 2.23. The first-order chi connectivity index (χ1) is 8.87. The monoisotopic (exact) mass is 284 g/mol. The number of carboxylic acids is 1. The molecule has 6 nitrogen and oxygen atoms in total. The van der Waals surface area contributed by atoms with Crippen molar-refractivity contribution in [1.29, 1.82) is 0 Å². The molecule has 2 rings (SSSR count). The quantitative estimate of drug-likeness (QED) is 0.713. The second-order valence-electron chi connectivity index (χ2n) is 4.68. The van der Waals surface area contributed by atoms with E-state index in [1.807, 2.05) is 0 Å². The molecule has 1 fully saturated rings. The molecule has 1 heterocycles. The molecule has 0 aliphatic carbocycles. The summed E-state index contributed by atoms with van der Waals surface area (Å²) in [6.45, 7) is 0. The second kappa shape index (κ2) is 5.08. The van der Waals surface area contributed by atoms with Crippen LogP contribution in [-0.4, -0.2) is 37.0 Å². The summed E-state index contributed by atoms with van der Waals surface area (Å²) in [5, 5.41) is 12.1. The molecule has 0 radical (unpaired) electrons. The van der Waals surface area contributed by atoms with Crippen LogP contribution in [0.5, 0.6) is 0 Å². The minimum Gasteiger partial charge on any atom is -0.478 e. The molecule has 0 atom stereocenters. The van der Waals surface area contributed by atoms with Gasteiger partial charge in [0.15, 0.2) is 0 Å². The number of anilines is 2. The fourth-order valence-corrected chi connectivity index (χ4v) is 3.61. The van der Waals surface area contributed by atoms with E-state index in [0.717, 1.165) is 0 Å². The maximum Gasteiger partial charge on any atom is 0.337 e. The maximum absolute atomic E-state index is 11.3. The number of nitrogens with two attached hydrogens (primary N) is 1. The smallest absolute Gasteiger partial charge is 0.337 e. The first kappa shape index (κ1) is 13.7. The van der Waals surface area contributed by atoms with E-state index in [9.17, 15) is 13.2 Å². The molecule has 19 heavy (non-hydrogen) atoms. The van der Waals surface area contributed by atoms with Crippen LogP contribution >= 0.6 is 0 Å². The van der Waals surface area contributed by atoms with Crippen LogP contribution in [-0.2, 0) is 9.84 Å². The lowest BCUT2D eigenvalue weighted by Gasteiger charge is -2.24. The molecule has 0 spiro atoms. The third kappa shape index (κ3) is 3.37. The van der Waals surface area contributed by atoms with Crippen molar-refractivity contribution < 1.29 is 18.3 Å². The first-order valence-corrected chi connectivity index (χ1v) is 7.79. The van der Waals surface area contributed by atoms with Gasteiger partial charge >= 0.3 is 5.97 Å². The van der Waals surface area contributed by atoms with Gasteiger partial charge < -0.3 is 16.2 Å². The SMILES string of the molecule is Nc1cc(NC2CCS(=O)(=O)CC2)ccc1C(=O)O. The summed E-state index contributed by atoms with van der Waals surface area (Å²) in [7, 11) is -2.88. The van der Waals surface area contributed by atoms with E-state index in [4.69, 9.17) is 10.8 Å². The number of carbonyl (C=O) groups is 1. The fraction of sp³-hybridized carbons (Fsp3) is 0.417. The van der Waals surface area contributed by atoms with Gasteiger partial charge in [0.05, 0.1) is 17.1 Å². The van der Waals surface area contributed by atoms with Crippen molar-refractivity contribution in [2.45, 2.75) is 18.9 Å². The molecule has 0 aromatic heterocycles. The summed E-state index contributed by atoms with van der Waals surface area (Å²) in [5.74, 6) is -0.687. The summed E-state index contributed by atoms with van der Waals surface area (Å²) < 4.78 is 22.6. The van der Waals surface area contributed by atoms with Gasteiger partial charge in [0.2, 0.25) is 0 Å². The van der Waals surface area contributed by atoms with Gasteiger partial charge in [-0.3, -0.25) is 0 Å². The van der Waals surface area contributed by atoms with Gasteiger partial charge in [-0.25, -0.2) is 13.2 Å². The van der Waals surface area contributed by atoms with Crippen molar-refractivity contribution in [2.75, 3.05) is 22.6 Å². The van der Waals surface area contributed by atoms with Crippen molar-refractivity contribution in [3.8, 4) is 0 Å². The second-order valence-corrected chi connectivity index (χ2v) is 6.98. The van der Waals surface area contributed by atoms with E-state index in [-0.39, 0.29) is 28.8 Å². The number of hydrogen-bond acceptors (Lipinski definition) is 5. The number of sulfone groups is 1. The Labute approximate surface area is 111 Å². The zero-order valence-corrected chi connectivity index (χ0v) is 11.1. The van der Waals surface area contributed by atoms with Gasteiger partial charge in [0, 0.05) is 17.4 Å². The molecule has 7 heteroatoms. The lowest BCUT2D eigenvalue weighted by molar-refractivity contribution is 0.0698. The van der Waals surface area contributed by atoms with Crippen molar-refractivity contribution in [3.63, 3.8) is 0 Å². The van der Waals surface area contributed by atoms with Crippen molar-refractivity contribution >= 4 is 27.2 Å². The highest BCUT2D eigenvalue weighted by Crippen LogP contribution is 2.22. The Kier molecular flexibility index (Phi) is 3.66. The van der Waals surface area contributed by atoms with Gasteiger partial charge in [-0.05, 0) is 31.0 Å². The molecule has 0 saturated carbocycles. The molecule has 0 bridgehead atoms. The first-order valence-electron chi connectivity index (χ1n) is 5.97. The van der Waals surface area contributed by atoms with Crippen LogP contribution in [0.1, 0.15) is 23.2 Å². The van der Waals surface area contributed by atoms with Crippen LogP contribution in [0.4, 0.5) is 11.4 Å². The molecule has 104 valence electrons. The van der Waals surface area contributed by atoms with Crippen molar-refractivity contribution in [1.82, 2.24) is 0 Å². The topological polar surface area (TPSA) is 109 Å². The standard InChI is InChI=1S/C12H16N2O4S/c13-11-7-9(1-2-10(11)12(15)16)14-8-3-5-19(17,18)6-4-8/h1-2,7-8,14H,3-6,13H2,(H,15,16). The lowest BCUT2D eigenvalue weighted by Crippen LogP contribution is -2.32. The van der Waals surface area contributed by atoms with E-state index in [1.165, 1.54) is 6.07 Å². The Morgan fingerprint density at radius 1 is 1.32 bits per heavy atom. The van der Waals surface area contributed by atoms with Crippen LogP contribution in [0.3, 0.4) is 0 Å². The molecule has 0 unspecified atom stereocenters. The number of nitrogen functional groups attached to an aromatic ring is 1. The molecule has 1 saturated heterocycles. The average molecular weight is 284 g/mol. The zero-order valence-electron chi connectivity index (χ0n) is 10.3. The molecule has 4 N–H and O–H groups in total. The number of hydrogen-bond donors (Lipinski definition) is 3. The third-order valence-corrected chi connectivity index (χ3v) is 4.92. The number of nitrogens with one attached hydrogen (secondary N) is 1. The van der Waals surface area contributed by atoms with Gasteiger partial charge in [-0.15, -0.1) is 0 Å². The van der Waals surface area contributed by atoms with E-state index in [1.54, 1.807) is 12.1 Å². The Morgan fingerprint density at radius 3 is 2.47 bits per heavy atom. The van der Waals surface area contributed by atoms with Crippen LogP contribution in [0.15, 0.2) is 18.2 Å². The summed E-state index contributed by atoms with van der Waals surface area (Å²) in [6, 6.07) is 4.73. The van der Waals surface area contributed by atoms with Crippen molar-refractivity contribution in [3.05, 3.63) is 23.8 Å². The summed E-state index contributed by atoms with van der Waals surface area (Å²) in [5.41, 5.74) is 6.63. The molecular formula is C12H16N2O4S. The third-order valence-electron chi connectivity index (χ3n) is 3.21. The Hall–Kier alpha value is -1.76.